The van der Waals surface area contributed by atoms with E-state index in [1.54, 1.807) is 0 Å². The molecule has 0 spiro atoms. The summed E-state index contributed by atoms with van der Waals surface area (Å²) in [5.41, 5.74) is 16.4. The van der Waals surface area contributed by atoms with Crippen LogP contribution in [0.4, 0.5) is 17.1 Å². The van der Waals surface area contributed by atoms with E-state index in [0.29, 0.717) is 0 Å². The van der Waals surface area contributed by atoms with Crippen molar-refractivity contribution in [3.63, 3.8) is 0 Å². The van der Waals surface area contributed by atoms with Crippen LogP contribution in [0.1, 0.15) is 0 Å². The van der Waals surface area contributed by atoms with E-state index in [9.17, 15) is 0 Å². The predicted molar refractivity (Wildman–Crippen MR) is 237 cm³/mol. The first kappa shape index (κ1) is 33.2. The molecule has 0 aliphatic rings. The fraction of sp³-hybridized carbons (Fsp3) is 0. The smallest absolute Gasteiger partial charge is 0.0541 e. The Kier molecular flexibility index (Phi) is 8.55. The van der Waals surface area contributed by atoms with E-state index in [4.69, 9.17) is 0 Å². The molecule has 10 aromatic rings. The highest BCUT2D eigenvalue weighted by atomic mass is 15.1. The van der Waals surface area contributed by atoms with Gasteiger partial charge in [0.05, 0.1) is 11.0 Å². The average molecular weight is 715 g/mol. The molecule has 0 unspecified atom stereocenters. The van der Waals surface area contributed by atoms with Gasteiger partial charge in [-0.1, -0.05) is 164 Å². The summed E-state index contributed by atoms with van der Waals surface area (Å²) >= 11 is 0. The van der Waals surface area contributed by atoms with Crippen molar-refractivity contribution in [1.82, 2.24) is 4.57 Å². The third kappa shape index (κ3) is 6.24. The molecule has 2 nitrogen and oxygen atoms in total. The van der Waals surface area contributed by atoms with Crippen LogP contribution in [0.25, 0.3) is 72.0 Å². The molecule has 2 heteroatoms. The van der Waals surface area contributed by atoms with E-state index in [0.717, 1.165) is 22.7 Å². The highest BCUT2D eigenvalue weighted by molar-refractivity contribution is 6.10. The Bertz CT molecular complexity index is 2840. The molecule has 264 valence electrons. The van der Waals surface area contributed by atoms with E-state index in [1.165, 1.54) is 66.3 Å². The van der Waals surface area contributed by atoms with E-state index >= 15 is 0 Å². The molecule has 10 rings (SSSR count). The molecule has 56 heavy (non-hydrogen) atoms. The number of hydrogen-bond donors (Lipinski definition) is 0. The van der Waals surface area contributed by atoms with Crippen LogP contribution in [0.3, 0.4) is 0 Å². The van der Waals surface area contributed by atoms with Gasteiger partial charge < -0.3 is 9.47 Å². The highest BCUT2D eigenvalue weighted by Gasteiger charge is 2.17. The van der Waals surface area contributed by atoms with Gasteiger partial charge in [0.2, 0.25) is 0 Å². The monoisotopic (exact) mass is 714 g/mol. The maximum Gasteiger partial charge on any atom is 0.0541 e. The minimum atomic E-state index is 1.10. The van der Waals surface area contributed by atoms with Crippen molar-refractivity contribution in [2.24, 2.45) is 0 Å². The van der Waals surface area contributed by atoms with Crippen molar-refractivity contribution in [2.75, 3.05) is 4.90 Å². The van der Waals surface area contributed by atoms with Gasteiger partial charge in [0, 0.05) is 33.5 Å². The van der Waals surface area contributed by atoms with Crippen LogP contribution in [0.5, 0.6) is 0 Å². The lowest BCUT2D eigenvalue weighted by molar-refractivity contribution is 1.18. The Morgan fingerprint density at radius 1 is 0.250 bits per heavy atom. The van der Waals surface area contributed by atoms with Gasteiger partial charge in [-0.25, -0.2) is 0 Å². The lowest BCUT2D eigenvalue weighted by atomic mass is 10.0. The largest absolute Gasteiger partial charge is 0.310 e. The normalized spacial score (nSPS) is 11.2. The van der Waals surface area contributed by atoms with Crippen LogP contribution in [0.2, 0.25) is 0 Å². The van der Waals surface area contributed by atoms with Gasteiger partial charge in [-0.2, -0.15) is 0 Å². The summed E-state index contributed by atoms with van der Waals surface area (Å²) in [4.78, 5) is 2.36. The molecule has 0 N–H and O–H groups in total. The summed E-state index contributed by atoms with van der Waals surface area (Å²) in [6.07, 6.45) is 0. The van der Waals surface area contributed by atoms with Gasteiger partial charge in [0.15, 0.2) is 0 Å². The van der Waals surface area contributed by atoms with Gasteiger partial charge in [-0.15, -0.1) is 0 Å². The first-order valence-corrected chi connectivity index (χ1v) is 19.2. The summed E-state index contributed by atoms with van der Waals surface area (Å²) in [6, 6.07) is 83.0. The van der Waals surface area contributed by atoms with Crippen LogP contribution >= 0.6 is 0 Å². The topological polar surface area (TPSA) is 8.17 Å². The van der Waals surface area contributed by atoms with Gasteiger partial charge in [0.1, 0.15) is 0 Å². The molecular formula is C54H38N2. The summed E-state index contributed by atoms with van der Waals surface area (Å²) in [7, 11) is 0. The maximum atomic E-state index is 2.40. The first-order valence-electron chi connectivity index (χ1n) is 19.2. The minimum Gasteiger partial charge on any atom is -0.310 e. The lowest BCUT2D eigenvalue weighted by Gasteiger charge is -2.26. The third-order valence-corrected chi connectivity index (χ3v) is 10.8. The molecule has 0 bridgehead atoms. The molecule has 0 aliphatic heterocycles. The molecule has 9 aromatic carbocycles. The zero-order chi connectivity index (χ0) is 37.3. The Hall–Kier alpha value is -7.42. The molecule has 1 heterocycles. The molecule has 0 amide bonds. The molecular weight excluding hydrogens is 677 g/mol. The molecule has 1 aromatic heterocycles. The van der Waals surface area contributed by atoms with Gasteiger partial charge in [-0.3, -0.25) is 0 Å². The van der Waals surface area contributed by atoms with E-state index in [-0.39, 0.29) is 0 Å². The van der Waals surface area contributed by atoms with Crippen molar-refractivity contribution in [3.05, 3.63) is 231 Å². The number of anilines is 3. The zero-order valence-corrected chi connectivity index (χ0v) is 30.8. The second kappa shape index (κ2) is 14.4. The Balaban J connectivity index is 1.06. The zero-order valence-electron chi connectivity index (χ0n) is 30.8. The van der Waals surface area contributed by atoms with Crippen LogP contribution in [-0.4, -0.2) is 4.57 Å². The number of para-hydroxylation sites is 1. The highest BCUT2D eigenvalue weighted by Crippen LogP contribution is 2.40. The molecule has 0 radical (unpaired) electrons. The maximum absolute atomic E-state index is 2.40. The Labute approximate surface area is 327 Å². The number of hydrogen-bond acceptors (Lipinski definition) is 1. The van der Waals surface area contributed by atoms with Gasteiger partial charge >= 0.3 is 0 Å². The summed E-state index contributed by atoms with van der Waals surface area (Å²) in [5.74, 6) is 0. The van der Waals surface area contributed by atoms with Crippen molar-refractivity contribution < 1.29 is 0 Å². The Morgan fingerprint density at radius 3 is 1.29 bits per heavy atom. The quantitative estimate of drug-likeness (QED) is 0.152. The number of nitrogens with zero attached hydrogens (tertiary/aromatic N) is 2. The molecule has 0 saturated heterocycles. The molecule has 0 saturated carbocycles. The summed E-state index contributed by atoms with van der Waals surface area (Å²) in [5, 5.41) is 2.47. The number of rotatable bonds is 8. The van der Waals surface area contributed by atoms with Crippen LogP contribution in [0, 0.1) is 0 Å². The molecule has 0 atom stereocenters. The Morgan fingerprint density at radius 2 is 0.679 bits per heavy atom. The average Bonchev–Trinajstić information content (AvgIpc) is 3.62. The SMILES string of the molecule is c1ccc(-c2ccc(N(c3ccc(-c4ccccc4)cc3)c3cccc(-c4ccc5c(c4)c4ccccc4n5-c4cccc(-c5ccccc5)c4)c3)cc2)cc1. The van der Waals surface area contributed by atoms with Crippen LogP contribution in [0.15, 0.2) is 231 Å². The fourth-order valence-electron chi connectivity index (χ4n) is 8.02. The van der Waals surface area contributed by atoms with Crippen LogP contribution in [-0.2, 0) is 0 Å². The van der Waals surface area contributed by atoms with Gasteiger partial charge in [0.25, 0.3) is 0 Å². The van der Waals surface area contributed by atoms with E-state index in [2.05, 4.69) is 240 Å². The fourth-order valence-corrected chi connectivity index (χ4v) is 8.02. The standard InChI is InChI=1S/C54H38N2/c1-4-14-39(15-5-1)42-26-31-47(32-27-42)55(48-33-28-43(29-34-48)40-16-6-2-7-17-40)49-22-13-21-45(37-49)46-30-35-54-52(38-46)51-24-10-11-25-53(51)56(54)50-23-12-20-44(36-50)41-18-8-3-9-19-41/h1-38H. The molecule has 0 fully saturated rings. The van der Waals surface area contributed by atoms with E-state index < -0.39 is 0 Å². The number of fused-ring (bicyclic) bond motifs is 3. The minimum absolute atomic E-state index is 1.10. The van der Waals surface area contributed by atoms with Crippen molar-refractivity contribution in [1.29, 1.82) is 0 Å². The van der Waals surface area contributed by atoms with Crippen molar-refractivity contribution in [3.8, 4) is 50.2 Å². The second-order valence-electron chi connectivity index (χ2n) is 14.2. The number of aromatic nitrogens is 1. The third-order valence-electron chi connectivity index (χ3n) is 10.8. The summed E-state index contributed by atoms with van der Waals surface area (Å²) < 4.78 is 2.40. The van der Waals surface area contributed by atoms with Crippen molar-refractivity contribution >= 4 is 38.9 Å². The van der Waals surface area contributed by atoms with Crippen molar-refractivity contribution in [2.45, 2.75) is 0 Å². The predicted octanol–water partition coefficient (Wildman–Crippen LogP) is 14.9. The van der Waals surface area contributed by atoms with E-state index in [1.807, 2.05) is 0 Å². The summed E-state index contributed by atoms with van der Waals surface area (Å²) in [6.45, 7) is 0. The number of benzene rings is 9. The first-order chi connectivity index (χ1) is 27.8. The van der Waals surface area contributed by atoms with Crippen LogP contribution < -0.4 is 4.90 Å². The second-order valence-corrected chi connectivity index (χ2v) is 14.2. The van der Waals surface area contributed by atoms with Gasteiger partial charge in [-0.05, 0) is 111 Å². The molecule has 0 aliphatic carbocycles. The lowest BCUT2D eigenvalue weighted by Crippen LogP contribution is -2.10.